The Balaban J connectivity index is 1.87. The lowest BCUT2D eigenvalue weighted by Crippen LogP contribution is -2.06. The van der Waals surface area contributed by atoms with Crippen molar-refractivity contribution in [1.29, 1.82) is 5.26 Å². The molecule has 2 heterocycles. The van der Waals surface area contributed by atoms with Crippen molar-refractivity contribution < 1.29 is 5.11 Å². The molecule has 0 radical (unpaired) electrons. The van der Waals surface area contributed by atoms with Gasteiger partial charge in [0.2, 0.25) is 0 Å². The highest BCUT2D eigenvalue weighted by molar-refractivity contribution is 8.02. The number of phenols is 1. The fraction of sp³-hybridized carbons (Fsp3) is 0.261. The number of thioether (sulfide) groups is 1. The largest absolute Gasteiger partial charge is 0.508 e. The number of phenolic OH excluding ortho intramolecular Hbond substituents is 1. The van der Waals surface area contributed by atoms with E-state index in [0.29, 0.717) is 18.1 Å². The number of anilines is 1. The van der Waals surface area contributed by atoms with E-state index in [1.165, 1.54) is 0 Å². The van der Waals surface area contributed by atoms with Gasteiger partial charge in [0.1, 0.15) is 22.5 Å². The van der Waals surface area contributed by atoms with Gasteiger partial charge in [-0.3, -0.25) is 0 Å². The fourth-order valence-electron chi connectivity index (χ4n) is 3.75. The smallest absolute Gasteiger partial charge is 0.152 e. The Morgan fingerprint density at radius 2 is 2.03 bits per heavy atom. The van der Waals surface area contributed by atoms with Gasteiger partial charge in [0.15, 0.2) is 5.82 Å². The predicted octanol–water partition coefficient (Wildman–Crippen LogP) is 4.98. The highest BCUT2D eigenvalue weighted by Crippen LogP contribution is 2.31. The number of aryl methyl sites for hydroxylation is 1. The van der Waals surface area contributed by atoms with Gasteiger partial charge in [-0.1, -0.05) is 37.6 Å². The van der Waals surface area contributed by atoms with Crippen LogP contribution in [0.25, 0.3) is 21.9 Å². The summed E-state index contributed by atoms with van der Waals surface area (Å²) >= 11 is 1.11. The molecular formula is C23H23N5OS. The monoisotopic (exact) mass is 417 g/mol. The van der Waals surface area contributed by atoms with E-state index in [9.17, 15) is 5.11 Å². The maximum Gasteiger partial charge on any atom is 0.152 e. The third kappa shape index (κ3) is 3.79. The molecule has 0 fully saturated rings. The summed E-state index contributed by atoms with van der Waals surface area (Å²) in [6.07, 6.45) is 2.97. The minimum Gasteiger partial charge on any atom is -0.508 e. The molecule has 0 aliphatic heterocycles. The number of aromatic nitrogens is 3. The normalized spacial score (nSPS) is 11.2. The second-order valence-corrected chi connectivity index (χ2v) is 8.03. The van der Waals surface area contributed by atoms with Crippen molar-refractivity contribution in [2.45, 2.75) is 38.5 Å². The van der Waals surface area contributed by atoms with Crippen LogP contribution in [0, 0.1) is 10.7 Å². The standard InChI is InChI=1S/C23H23N5OS/c1-2-3-8-20-27-21-22(17-6-4-5-7-18(17)26-23(21)25)28(20)12-15-9-10-19(29)16(11-15)13-30-14-24/h4-7,9-11,29H,2-3,8,12-13H2,1H3,(H2,25,26). The zero-order valence-electron chi connectivity index (χ0n) is 16.8. The molecule has 6 nitrogen and oxygen atoms in total. The van der Waals surface area contributed by atoms with Crippen molar-refractivity contribution in [3.63, 3.8) is 0 Å². The molecule has 4 aromatic rings. The summed E-state index contributed by atoms with van der Waals surface area (Å²) in [6.45, 7) is 2.77. The molecule has 2 aromatic carbocycles. The maximum atomic E-state index is 10.1. The molecule has 4 rings (SSSR count). The number of nitrogen functional groups attached to an aromatic ring is 1. The van der Waals surface area contributed by atoms with Crippen molar-refractivity contribution in [2.75, 3.05) is 5.73 Å². The molecule has 3 N–H and O–H groups in total. The molecular weight excluding hydrogens is 394 g/mol. The number of unbranched alkanes of at least 4 members (excludes halogenated alkanes) is 1. The molecule has 0 atom stereocenters. The average molecular weight is 418 g/mol. The van der Waals surface area contributed by atoms with Crippen LogP contribution >= 0.6 is 11.8 Å². The number of imidazole rings is 1. The Kier molecular flexibility index (Phi) is 5.77. The molecule has 0 saturated heterocycles. The van der Waals surface area contributed by atoms with Crippen LogP contribution in [-0.2, 0) is 18.7 Å². The number of hydrogen-bond acceptors (Lipinski definition) is 6. The molecule has 0 amide bonds. The van der Waals surface area contributed by atoms with Crippen LogP contribution in [-0.4, -0.2) is 19.6 Å². The lowest BCUT2D eigenvalue weighted by atomic mass is 10.1. The topological polar surface area (TPSA) is 101 Å². The third-order valence-corrected chi connectivity index (χ3v) is 5.80. The average Bonchev–Trinajstić information content (AvgIpc) is 3.11. The van der Waals surface area contributed by atoms with Crippen LogP contribution in [0.3, 0.4) is 0 Å². The van der Waals surface area contributed by atoms with Crippen LogP contribution in [0.15, 0.2) is 42.5 Å². The number of benzene rings is 2. The molecule has 0 spiro atoms. The first-order valence-corrected chi connectivity index (χ1v) is 11.0. The van der Waals surface area contributed by atoms with E-state index in [1.54, 1.807) is 6.07 Å². The van der Waals surface area contributed by atoms with Crippen molar-refractivity contribution in [3.05, 3.63) is 59.4 Å². The zero-order valence-corrected chi connectivity index (χ0v) is 17.6. The number of hydrogen-bond donors (Lipinski definition) is 2. The summed E-state index contributed by atoms with van der Waals surface area (Å²) in [5.74, 6) is 2.08. The van der Waals surface area contributed by atoms with Crippen molar-refractivity contribution in [3.8, 4) is 11.2 Å². The van der Waals surface area contributed by atoms with E-state index in [4.69, 9.17) is 16.0 Å². The molecule has 7 heteroatoms. The minimum atomic E-state index is 0.210. The quantitative estimate of drug-likeness (QED) is 0.411. The van der Waals surface area contributed by atoms with Gasteiger partial charge >= 0.3 is 0 Å². The van der Waals surface area contributed by atoms with E-state index in [2.05, 4.69) is 27.9 Å². The number of para-hydroxylation sites is 1. The number of aromatic hydroxyl groups is 1. The number of nitriles is 1. The molecule has 0 aliphatic carbocycles. The van der Waals surface area contributed by atoms with Gasteiger partial charge in [0.05, 0.1) is 11.0 Å². The first-order chi connectivity index (χ1) is 14.6. The van der Waals surface area contributed by atoms with E-state index >= 15 is 0 Å². The van der Waals surface area contributed by atoms with Crippen LogP contribution in [0.1, 0.15) is 36.7 Å². The summed E-state index contributed by atoms with van der Waals surface area (Å²) in [5, 5.41) is 22.1. The van der Waals surface area contributed by atoms with Crippen LogP contribution in [0.5, 0.6) is 5.75 Å². The Bertz CT molecular complexity index is 1260. The van der Waals surface area contributed by atoms with Crippen molar-refractivity contribution in [2.24, 2.45) is 0 Å². The van der Waals surface area contributed by atoms with Gasteiger partial charge in [-0.2, -0.15) is 5.26 Å². The van der Waals surface area contributed by atoms with Crippen LogP contribution in [0.2, 0.25) is 0 Å². The molecule has 30 heavy (non-hydrogen) atoms. The number of nitrogens with zero attached hydrogens (tertiary/aromatic N) is 4. The Morgan fingerprint density at radius 3 is 2.83 bits per heavy atom. The molecule has 152 valence electrons. The van der Waals surface area contributed by atoms with Crippen molar-refractivity contribution in [1.82, 2.24) is 14.5 Å². The summed E-state index contributed by atoms with van der Waals surface area (Å²) < 4.78 is 2.22. The Hall–Kier alpha value is -3.24. The number of thiocyanates is 1. The first-order valence-electron chi connectivity index (χ1n) is 9.97. The molecule has 0 aliphatic rings. The van der Waals surface area contributed by atoms with Gasteiger partial charge in [0.25, 0.3) is 0 Å². The second-order valence-electron chi connectivity index (χ2n) is 7.27. The van der Waals surface area contributed by atoms with E-state index in [-0.39, 0.29) is 5.75 Å². The van der Waals surface area contributed by atoms with Crippen molar-refractivity contribution >= 4 is 39.5 Å². The molecule has 0 unspecified atom stereocenters. The van der Waals surface area contributed by atoms with Crippen LogP contribution < -0.4 is 5.73 Å². The van der Waals surface area contributed by atoms with Gasteiger partial charge < -0.3 is 15.4 Å². The summed E-state index contributed by atoms with van der Waals surface area (Å²) in [5.41, 5.74) is 10.6. The maximum absolute atomic E-state index is 10.1. The zero-order chi connectivity index (χ0) is 21.1. The SMILES string of the molecule is CCCCc1nc2c(N)nc3ccccc3c2n1Cc1ccc(O)c(CSC#N)c1. The minimum absolute atomic E-state index is 0.210. The lowest BCUT2D eigenvalue weighted by molar-refractivity contribution is 0.470. The fourth-order valence-corrected chi connectivity index (χ4v) is 4.20. The third-order valence-electron chi connectivity index (χ3n) is 5.22. The van der Waals surface area contributed by atoms with Gasteiger partial charge in [-0.15, -0.1) is 0 Å². The molecule has 0 saturated carbocycles. The molecule has 2 aromatic heterocycles. The first kappa shape index (κ1) is 20.0. The highest BCUT2D eigenvalue weighted by atomic mass is 32.2. The summed E-state index contributed by atoms with van der Waals surface area (Å²) in [7, 11) is 0. The summed E-state index contributed by atoms with van der Waals surface area (Å²) in [4.78, 5) is 9.41. The van der Waals surface area contributed by atoms with E-state index < -0.39 is 0 Å². The number of fused-ring (bicyclic) bond motifs is 3. The van der Waals surface area contributed by atoms with Gasteiger partial charge in [-0.25, -0.2) is 9.97 Å². The highest BCUT2D eigenvalue weighted by Gasteiger charge is 2.17. The number of pyridine rings is 1. The Morgan fingerprint density at radius 1 is 1.20 bits per heavy atom. The Labute approximate surface area is 179 Å². The second kappa shape index (κ2) is 8.64. The molecule has 0 bridgehead atoms. The van der Waals surface area contributed by atoms with Gasteiger partial charge in [-0.05, 0) is 41.9 Å². The van der Waals surface area contributed by atoms with E-state index in [0.717, 1.165) is 69.9 Å². The van der Waals surface area contributed by atoms with Crippen LogP contribution in [0.4, 0.5) is 5.82 Å². The number of rotatable bonds is 7. The summed E-state index contributed by atoms with van der Waals surface area (Å²) in [6, 6.07) is 13.5. The number of nitrogens with two attached hydrogens (primary N) is 1. The van der Waals surface area contributed by atoms with Gasteiger partial charge in [0, 0.05) is 29.7 Å². The lowest BCUT2D eigenvalue weighted by Gasteiger charge is -2.12. The van der Waals surface area contributed by atoms with E-state index in [1.807, 2.05) is 30.3 Å². The predicted molar refractivity (Wildman–Crippen MR) is 122 cm³/mol.